The Morgan fingerprint density at radius 2 is 1.90 bits per heavy atom. The summed E-state index contributed by atoms with van der Waals surface area (Å²) in [6.45, 7) is 3.77. The van der Waals surface area contributed by atoms with Crippen LogP contribution in [0.1, 0.15) is 25.7 Å². The van der Waals surface area contributed by atoms with E-state index in [0.29, 0.717) is 11.1 Å². The van der Waals surface area contributed by atoms with Crippen molar-refractivity contribution in [3.63, 3.8) is 0 Å². The van der Waals surface area contributed by atoms with Gasteiger partial charge in [0.05, 0.1) is 0 Å². The van der Waals surface area contributed by atoms with Gasteiger partial charge in [-0.3, -0.25) is 0 Å². The molecule has 0 aromatic heterocycles. The number of nitrogens with one attached hydrogen (secondary N) is 2. The van der Waals surface area contributed by atoms with Crippen molar-refractivity contribution in [3.05, 3.63) is 30.1 Å². The van der Waals surface area contributed by atoms with Gasteiger partial charge in [0.2, 0.25) is 0 Å². The van der Waals surface area contributed by atoms with E-state index in [2.05, 4.69) is 10.6 Å². The van der Waals surface area contributed by atoms with Crippen molar-refractivity contribution in [2.45, 2.75) is 25.7 Å². The van der Waals surface area contributed by atoms with Crippen LogP contribution in [0.15, 0.2) is 24.3 Å². The highest BCUT2D eigenvalue weighted by Crippen LogP contribution is 2.39. The fourth-order valence-corrected chi connectivity index (χ4v) is 3.41. The molecule has 2 fully saturated rings. The summed E-state index contributed by atoms with van der Waals surface area (Å²) in [5, 5.41) is 6.18. The van der Waals surface area contributed by atoms with Gasteiger partial charge >= 0.3 is 6.03 Å². The van der Waals surface area contributed by atoms with Gasteiger partial charge in [-0.15, -0.1) is 0 Å². The molecule has 0 radical (unpaired) electrons. The van der Waals surface area contributed by atoms with Gasteiger partial charge in [-0.2, -0.15) is 0 Å². The van der Waals surface area contributed by atoms with Gasteiger partial charge < -0.3 is 15.5 Å². The van der Waals surface area contributed by atoms with Gasteiger partial charge in [-0.1, -0.05) is 6.07 Å². The number of urea groups is 1. The zero-order valence-electron chi connectivity index (χ0n) is 12.2. The number of carbonyl (C=O) groups is 1. The van der Waals surface area contributed by atoms with E-state index in [4.69, 9.17) is 0 Å². The normalized spacial score (nSPS) is 21.3. The van der Waals surface area contributed by atoms with Crippen molar-refractivity contribution in [3.8, 4) is 0 Å². The second kappa shape index (κ2) is 6.02. The SMILES string of the molecule is O=C(Nc1cccc(F)c1)N1CCC2(CCNCC2)CC1. The van der Waals surface area contributed by atoms with Gasteiger partial charge in [0.15, 0.2) is 0 Å². The lowest BCUT2D eigenvalue weighted by Crippen LogP contribution is -2.48. The summed E-state index contributed by atoms with van der Waals surface area (Å²) < 4.78 is 13.1. The molecular formula is C16H22FN3O. The van der Waals surface area contributed by atoms with E-state index < -0.39 is 0 Å². The average molecular weight is 291 g/mol. The highest BCUT2D eigenvalue weighted by Gasteiger charge is 2.36. The maximum Gasteiger partial charge on any atom is 0.321 e. The Kier molecular flexibility index (Phi) is 4.10. The number of carbonyl (C=O) groups excluding carboxylic acids is 1. The molecule has 2 aliphatic rings. The summed E-state index contributed by atoms with van der Waals surface area (Å²) in [4.78, 5) is 14.1. The predicted molar refractivity (Wildman–Crippen MR) is 80.8 cm³/mol. The average Bonchev–Trinajstić information content (AvgIpc) is 2.49. The fraction of sp³-hybridized carbons (Fsp3) is 0.562. The van der Waals surface area contributed by atoms with Gasteiger partial charge in [-0.05, 0) is 62.4 Å². The number of rotatable bonds is 1. The maximum absolute atomic E-state index is 13.1. The Bertz CT molecular complexity index is 504. The van der Waals surface area contributed by atoms with Gasteiger partial charge in [0, 0.05) is 18.8 Å². The molecule has 114 valence electrons. The van der Waals surface area contributed by atoms with Crippen LogP contribution in [-0.4, -0.2) is 37.1 Å². The number of anilines is 1. The lowest BCUT2D eigenvalue weighted by atomic mass is 9.72. The molecule has 0 aliphatic carbocycles. The molecule has 2 heterocycles. The number of halogens is 1. The molecule has 5 heteroatoms. The number of nitrogens with zero attached hydrogens (tertiary/aromatic N) is 1. The zero-order chi connectivity index (χ0) is 14.7. The van der Waals surface area contributed by atoms with Crippen LogP contribution in [0.4, 0.5) is 14.9 Å². The highest BCUT2D eigenvalue weighted by molar-refractivity contribution is 5.89. The number of likely N-dealkylation sites (tertiary alicyclic amines) is 1. The molecule has 3 rings (SSSR count). The van der Waals surface area contributed by atoms with Crippen LogP contribution in [0.3, 0.4) is 0 Å². The molecular weight excluding hydrogens is 269 g/mol. The van der Waals surface area contributed by atoms with E-state index in [0.717, 1.165) is 39.0 Å². The molecule has 2 saturated heterocycles. The number of hydrogen-bond donors (Lipinski definition) is 2. The van der Waals surface area contributed by atoms with Gasteiger partial charge in [0.25, 0.3) is 0 Å². The second-order valence-corrected chi connectivity index (χ2v) is 6.18. The van der Waals surface area contributed by atoms with Crippen molar-refractivity contribution in [1.29, 1.82) is 0 Å². The second-order valence-electron chi connectivity index (χ2n) is 6.18. The van der Waals surface area contributed by atoms with E-state index in [9.17, 15) is 9.18 Å². The zero-order valence-corrected chi connectivity index (χ0v) is 12.2. The summed E-state index contributed by atoms with van der Waals surface area (Å²) >= 11 is 0. The Morgan fingerprint density at radius 3 is 2.57 bits per heavy atom. The minimum Gasteiger partial charge on any atom is -0.324 e. The fourth-order valence-electron chi connectivity index (χ4n) is 3.41. The molecule has 1 aromatic carbocycles. The summed E-state index contributed by atoms with van der Waals surface area (Å²) in [5.74, 6) is -0.333. The third kappa shape index (κ3) is 3.35. The van der Waals surface area contributed by atoms with Crippen molar-refractivity contribution in [1.82, 2.24) is 10.2 Å². The molecule has 0 atom stereocenters. The van der Waals surface area contributed by atoms with Gasteiger partial charge in [0.1, 0.15) is 5.82 Å². The summed E-state index contributed by atoms with van der Waals surface area (Å²) in [6, 6.07) is 5.90. The monoisotopic (exact) mass is 291 g/mol. The lowest BCUT2D eigenvalue weighted by Gasteiger charge is -2.44. The Labute approximate surface area is 124 Å². The van der Waals surface area contributed by atoms with Crippen molar-refractivity contribution in [2.24, 2.45) is 5.41 Å². The topological polar surface area (TPSA) is 44.4 Å². The van der Waals surface area contributed by atoms with Crippen molar-refractivity contribution in [2.75, 3.05) is 31.5 Å². The first-order valence-electron chi connectivity index (χ1n) is 7.69. The first-order chi connectivity index (χ1) is 10.2. The molecule has 2 N–H and O–H groups in total. The first-order valence-corrected chi connectivity index (χ1v) is 7.69. The van der Waals surface area contributed by atoms with E-state index in [1.165, 1.54) is 25.0 Å². The third-order valence-corrected chi connectivity index (χ3v) is 4.85. The van der Waals surface area contributed by atoms with Crippen LogP contribution in [0.5, 0.6) is 0 Å². The summed E-state index contributed by atoms with van der Waals surface area (Å²) in [6.07, 6.45) is 4.58. The van der Waals surface area contributed by atoms with E-state index in [-0.39, 0.29) is 11.8 Å². The molecule has 4 nitrogen and oxygen atoms in total. The van der Waals surface area contributed by atoms with Crippen molar-refractivity contribution < 1.29 is 9.18 Å². The number of benzene rings is 1. The molecule has 1 spiro atoms. The lowest BCUT2D eigenvalue weighted by molar-refractivity contribution is 0.0915. The van der Waals surface area contributed by atoms with Crippen LogP contribution in [0.25, 0.3) is 0 Å². The van der Waals surface area contributed by atoms with Crippen LogP contribution in [-0.2, 0) is 0 Å². The molecule has 21 heavy (non-hydrogen) atoms. The Hall–Kier alpha value is -1.62. The van der Waals surface area contributed by atoms with E-state index in [1.54, 1.807) is 12.1 Å². The predicted octanol–water partition coefficient (Wildman–Crippen LogP) is 2.82. The van der Waals surface area contributed by atoms with Crippen molar-refractivity contribution >= 4 is 11.7 Å². The smallest absolute Gasteiger partial charge is 0.321 e. The minimum atomic E-state index is -0.333. The quantitative estimate of drug-likeness (QED) is 0.835. The highest BCUT2D eigenvalue weighted by atomic mass is 19.1. The number of hydrogen-bond acceptors (Lipinski definition) is 2. The van der Waals surface area contributed by atoms with E-state index >= 15 is 0 Å². The Balaban J connectivity index is 1.55. The Morgan fingerprint density at radius 1 is 1.19 bits per heavy atom. The summed E-state index contributed by atoms with van der Waals surface area (Å²) in [5.41, 5.74) is 0.947. The van der Waals surface area contributed by atoms with Crippen LogP contribution in [0.2, 0.25) is 0 Å². The molecule has 0 saturated carbocycles. The molecule has 0 unspecified atom stereocenters. The summed E-state index contributed by atoms with van der Waals surface area (Å²) in [7, 11) is 0. The molecule has 0 bridgehead atoms. The third-order valence-electron chi connectivity index (χ3n) is 4.85. The molecule has 1 aromatic rings. The standard InChI is InChI=1S/C16H22FN3O/c17-13-2-1-3-14(12-13)19-15(21)20-10-6-16(7-11-20)4-8-18-9-5-16/h1-3,12,18H,4-11H2,(H,19,21). The number of amides is 2. The first kappa shape index (κ1) is 14.3. The van der Waals surface area contributed by atoms with Crippen LogP contribution in [0, 0.1) is 11.2 Å². The van der Waals surface area contributed by atoms with Crippen LogP contribution < -0.4 is 10.6 Å². The van der Waals surface area contributed by atoms with Gasteiger partial charge in [-0.25, -0.2) is 9.18 Å². The maximum atomic E-state index is 13.1. The largest absolute Gasteiger partial charge is 0.324 e. The number of piperidine rings is 2. The molecule has 2 aliphatic heterocycles. The van der Waals surface area contributed by atoms with Crippen LogP contribution >= 0.6 is 0 Å². The minimum absolute atomic E-state index is 0.121. The van der Waals surface area contributed by atoms with E-state index in [1.807, 2.05) is 4.90 Å². The molecule has 2 amide bonds.